The van der Waals surface area contributed by atoms with Gasteiger partial charge >= 0.3 is 6.09 Å². The van der Waals surface area contributed by atoms with E-state index in [1.54, 1.807) is 24.0 Å². The monoisotopic (exact) mass is 331 g/mol. The first kappa shape index (κ1) is 15.7. The van der Waals surface area contributed by atoms with E-state index in [1.807, 2.05) is 36.4 Å². The maximum Gasteiger partial charge on any atom is 0.410 e. The van der Waals surface area contributed by atoms with Crippen molar-refractivity contribution >= 4 is 17.7 Å². The lowest BCUT2D eigenvalue weighted by Gasteiger charge is -2.34. The van der Waals surface area contributed by atoms with Gasteiger partial charge in [0.25, 0.3) is 0 Å². The molecule has 1 unspecified atom stereocenters. The van der Waals surface area contributed by atoms with Crippen LogP contribution in [0.1, 0.15) is 24.2 Å². The van der Waals surface area contributed by atoms with Crippen LogP contribution in [0.4, 0.5) is 4.79 Å². The molecule has 0 saturated heterocycles. The normalized spacial score (nSPS) is 16.6. The van der Waals surface area contributed by atoms with Crippen LogP contribution < -0.4 is 4.74 Å². The van der Waals surface area contributed by atoms with Gasteiger partial charge in [-0.2, -0.15) is 0 Å². The average molecular weight is 332 g/mol. The van der Waals surface area contributed by atoms with E-state index in [9.17, 15) is 4.79 Å². The SMILES string of the molecule is CCOC(=O)N1Cc2ccccc2C(Oc2ccc(Cl)cc2)C1. The summed E-state index contributed by atoms with van der Waals surface area (Å²) in [6.07, 6.45) is -0.544. The zero-order valence-corrected chi connectivity index (χ0v) is 13.6. The number of hydrogen-bond donors (Lipinski definition) is 0. The lowest BCUT2D eigenvalue weighted by Crippen LogP contribution is -2.40. The highest BCUT2D eigenvalue weighted by molar-refractivity contribution is 6.30. The van der Waals surface area contributed by atoms with Gasteiger partial charge in [-0.1, -0.05) is 35.9 Å². The minimum atomic E-state index is -0.313. The van der Waals surface area contributed by atoms with Crippen molar-refractivity contribution in [2.75, 3.05) is 13.2 Å². The molecule has 2 aromatic carbocycles. The van der Waals surface area contributed by atoms with Gasteiger partial charge in [-0.15, -0.1) is 0 Å². The van der Waals surface area contributed by atoms with Crippen LogP contribution in [0, 0.1) is 0 Å². The van der Waals surface area contributed by atoms with Crippen molar-refractivity contribution in [2.45, 2.75) is 19.6 Å². The van der Waals surface area contributed by atoms with E-state index in [1.165, 1.54) is 0 Å². The van der Waals surface area contributed by atoms with Crippen LogP contribution in [-0.2, 0) is 11.3 Å². The summed E-state index contributed by atoms with van der Waals surface area (Å²) in [5.41, 5.74) is 2.17. The second-order valence-electron chi connectivity index (χ2n) is 5.34. The Morgan fingerprint density at radius 3 is 2.70 bits per heavy atom. The maximum absolute atomic E-state index is 12.1. The third kappa shape index (κ3) is 3.59. The Balaban J connectivity index is 1.85. The van der Waals surface area contributed by atoms with Crippen molar-refractivity contribution in [1.82, 2.24) is 4.90 Å². The van der Waals surface area contributed by atoms with Crippen molar-refractivity contribution in [3.8, 4) is 5.75 Å². The number of nitrogens with zero attached hydrogens (tertiary/aromatic N) is 1. The largest absolute Gasteiger partial charge is 0.484 e. The van der Waals surface area contributed by atoms with E-state index < -0.39 is 0 Å². The molecule has 3 rings (SSSR count). The van der Waals surface area contributed by atoms with Crippen molar-refractivity contribution in [2.24, 2.45) is 0 Å². The van der Waals surface area contributed by atoms with Gasteiger partial charge in [0, 0.05) is 11.6 Å². The average Bonchev–Trinajstić information content (AvgIpc) is 2.57. The van der Waals surface area contributed by atoms with Crippen LogP contribution in [0.3, 0.4) is 0 Å². The molecule has 1 aliphatic heterocycles. The molecular formula is C18H18ClNO3. The number of benzene rings is 2. The van der Waals surface area contributed by atoms with Crippen LogP contribution in [0.2, 0.25) is 5.02 Å². The number of rotatable bonds is 3. The number of carbonyl (C=O) groups excluding carboxylic acids is 1. The van der Waals surface area contributed by atoms with Gasteiger partial charge in [0.1, 0.15) is 11.9 Å². The smallest absolute Gasteiger partial charge is 0.410 e. The zero-order valence-electron chi connectivity index (χ0n) is 12.9. The maximum atomic E-state index is 12.1. The first-order valence-electron chi connectivity index (χ1n) is 7.59. The number of carbonyl (C=O) groups is 1. The van der Waals surface area contributed by atoms with E-state index in [0.29, 0.717) is 24.7 Å². The highest BCUT2D eigenvalue weighted by atomic mass is 35.5. The summed E-state index contributed by atoms with van der Waals surface area (Å²) < 4.78 is 11.2. The Morgan fingerprint density at radius 1 is 1.22 bits per heavy atom. The Morgan fingerprint density at radius 2 is 1.96 bits per heavy atom. The summed E-state index contributed by atoms with van der Waals surface area (Å²) in [5.74, 6) is 0.722. The molecule has 0 aromatic heterocycles. The number of ether oxygens (including phenoxy) is 2. The van der Waals surface area contributed by atoms with Gasteiger partial charge in [0.15, 0.2) is 0 Å². The minimum absolute atomic E-state index is 0.231. The molecule has 1 atom stereocenters. The van der Waals surface area contributed by atoms with E-state index in [4.69, 9.17) is 21.1 Å². The Hall–Kier alpha value is -2.20. The molecule has 4 nitrogen and oxygen atoms in total. The van der Waals surface area contributed by atoms with Gasteiger partial charge < -0.3 is 9.47 Å². The topological polar surface area (TPSA) is 38.8 Å². The molecule has 0 N–H and O–H groups in total. The molecule has 0 saturated carbocycles. The minimum Gasteiger partial charge on any atom is -0.484 e. The Kier molecular flexibility index (Phi) is 4.72. The Bertz CT molecular complexity index is 687. The first-order valence-corrected chi connectivity index (χ1v) is 7.97. The van der Waals surface area contributed by atoms with Crippen LogP contribution in [-0.4, -0.2) is 24.1 Å². The molecule has 1 aliphatic rings. The standard InChI is InChI=1S/C18H18ClNO3/c1-2-22-18(21)20-11-13-5-3-4-6-16(13)17(12-20)23-15-9-7-14(19)8-10-15/h3-10,17H,2,11-12H2,1H3. The molecule has 120 valence electrons. The molecule has 5 heteroatoms. The van der Waals surface area contributed by atoms with Crippen molar-refractivity contribution in [3.05, 3.63) is 64.7 Å². The molecule has 23 heavy (non-hydrogen) atoms. The van der Waals surface area contributed by atoms with Crippen LogP contribution >= 0.6 is 11.6 Å². The summed E-state index contributed by atoms with van der Waals surface area (Å²) >= 11 is 5.91. The molecule has 1 heterocycles. The van der Waals surface area contributed by atoms with Gasteiger partial charge in [0.2, 0.25) is 0 Å². The summed E-state index contributed by atoms with van der Waals surface area (Å²) in [5, 5.41) is 0.662. The quantitative estimate of drug-likeness (QED) is 0.835. The summed E-state index contributed by atoms with van der Waals surface area (Å²) in [4.78, 5) is 13.8. The van der Waals surface area contributed by atoms with Crippen molar-refractivity contribution < 1.29 is 14.3 Å². The van der Waals surface area contributed by atoms with Crippen LogP contribution in [0.5, 0.6) is 5.75 Å². The zero-order chi connectivity index (χ0) is 16.2. The van der Waals surface area contributed by atoms with E-state index in [2.05, 4.69) is 0 Å². The number of hydrogen-bond acceptors (Lipinski definition) is 3. The predicted octanol–water partition coefficient (Wildman–Crippen LogP) is 4.43. The molecule has 0 fully saturated rings. The second-order valence-corrected chi connectivity index (χ2v) is 5.78. The summed E-state index contributed by atoms with van der Waals surface area (Å²) in [6.45, 7) is 3.16. The molecule has 0 radical (unpaired) electrons. The number of amides is 1. The predicted molar refractivity (Wildman–Crippen MR) is 88.7 cm³/mol. The van der Waals surface area contributed by atoms with E-state index in [-0.39, 0.29) is 12.2 Å². The fraction of sp³-hybridized carbons (Fsp3) is 0.278. The van der Waals surface area contributed by atoms with Crippen LogP contribution in [0.25, 0.3) is 0 Å². The molecule has 0 aliphatic carbocycles. The molecular weight excluding hydrogens is 314 g/mol. The van der Waals surface area contributed by atoms with Gasteiger partial charge in [-0.05, 0) is 42.3 Å². The molecule has 0 spiro atoms. The third-order valence-corrected chi connectivity index (χ3v) is 4.02. The van der Waals surface area contributed by atoms with Crippen molar-refractivity contribution in [3.63, 3.8) is 0 Å². The summed E-state index contributed by atoms with van der Waals surface area (Å²) in [6, 6.07) is 15.2. The highest BCUT2D eigenvalue weighted by Crippen LogP contribution is 2.31. The molecule has 2 aromatic rings. The Labute approximate surface area is 140 Å². The fourth-order valence-electron chi connectivity index (χ4n) is 2.69. The molecule has 0 bridgehead atoms. The lowest BCUT2D eigenvalue weighted by molar-refractivity contribution is 0.0718. The van der Waals surface area contributed by atoms with Gasteiger partial charge in [-0.3, -0.25) is 4.90 Å². The fourth-order valence-corrected chi connectivity index (χ4v) is 2.82. The van der Waals surface area contributed by atoms with Crippen LogP contribution in [0.15, 0.2) is 48.5 Å². The summed E-state index contributed by atoms with van der Waals surface area (Å²) in [7, 11) is 0. The lowest BCUT2D eigenvalue weighted by atomic mass is 9.97. The second kappa shape index (κ2) is 6.92. The van der Waals surface area contributed by atoms with Crippen molar-refractivity contribution in [1.29, 1.82) is 0 Å². The van der Waals surface area contributed by atoms with Gasteiger partial charge in [0.05, 0.1) is 13.2 Å². The van der Waals surface area contributed by atoms with E-state index in [0.717, 1.165) is 16.9 Å². The first-order chi connectivity index (χ1) is 11.2. The highest BCUT2D eigenvalue weighted by Gasteiger charge is 2.30. The number of fused-ring (bicyclic) bond motifs is 1. The third-order valence-electron chi connectivity index (χ3n) is 3.77. The van der Waals surface area contributed by atoms with E-state index >= 15 is 0 Å². The van der Waals surface area contributed by atoms with Gasteiger partial charge in [-0.25, -0.2) is 4.79 Å². The number of halogens is 1. The molecule has 1 amide bonds.